The molecule has 0 heterocycles. The molecule has 17 N–H and O–H groups in total. The van der Waals surface area contributed by atoms with Gasteiger partial charge in [0.15, 0.2) is 0 Å². The van der Waals surface area contributed by atoms with E-state index in [9.17, 15) is 0 Å². The van der Waals surface area contributed by atoms with Crippen LogP contribution in [0.5, 0.6) is 0 Å². The van der Waals surface area contributed by atoms with Crippen LogP contribution in [-0.2, 0) is 0 Å². The molecule has 0 aliphatic rings. The minimum Gasteiger partial charge on any atom is -1.00 e. The number of rotatable bonds is 0. The van der Waals surface area contributed by atoms with Gasteiger partial charge < -0.3 is 61.7 Å². The van der Waals surface area contributed by atoms with E-state index in [0.29, 0.717) is 0 Å². The van der Waals surface area contributed by atoms with Crippen LogP contribution in [0.2, 0.25) is 0 Å². The molecule has 0 aliphatic carbocycles. The second kappa shape index (κ2) is 489. The Kier molecular flexibility index (Phi) is 37200. The first kappa shape index (κ1) is 685. The third-order valence-corrected chi connectivity index (χ3v) is 0. The molecule has 6 nitrogen and oxygen atoms in total. The van der Waals surface area contributed by atoms with Crippen LogP contribution in [0.15, 0.2) is 0 Å². The van der Waals surface area contributed by atoms with Gasteiger partial charge >= 0.3 is 23.1 Å². The SMILES string of the molecule is N.N.N.N.N.[Cl-].[Cl-].[Mg+2].[NH2-]. The average Bonchev–Trinajstić information content (AvgIpc) is 0. The second-order valence-corrected chi connectivity index (χ2v) is 0. The van der Waals surface area contributed by atoms with Gasteiger partial charge in [0.25, 0.3) is 0 Å². The van der Waals surface area contributed by atoms with Crippen LogP contribution in [0.25, 0.3) is 6.15 Å². The van der Waals surface area contributed by atoms with Crippen molar-refractivity contribution in [3.63, 3.8) is 0 Å². The van der Waals surface area contributed by atoms with Crippen LogP contribution in [-0.4, -0.2) is 23.1 Å². The van der Waals surface area contributed by atoms with Crippen LogP contribution in [0.4, 0.5) is 0 Å². The van der Waals surface area contributed by atoms with Gasteiger partial charge in [0.2, 0.25) is 0 Å². The van der Waals surface area contributed by atoms with Crippen molar-refractivity contribution in [3.8, 4) is 0 Å². The van der Waals surface area contributed by atoms with Crippen LogP contribution < -0.4 is 55.6 Å². The minimum absolute atomic E-state index is 0. The van der Waals surface area contributed by atoms with Crippen molar-refractivity contribution in [2.75, 3.05) is 0 Å². The first-order valence-corrected chi connectivity index (χ1v) is 0. The first-order valence-electron chi connectivity index (χ1n) is 0. The normalized spacial score (nSPS) is 0. The summed E-state index contributed by atoms with van der Waals surface area (Å²) in [5, 5.41) is 0. The molecule has 0 bridgehead atoms. The van der Waals surface area contributed by atoms with Gasteiger partial charge in [0, 0.05) is 0 Å². The van der Waals surface area contributed by atoms with E-state index in [2.05, 4.69) is 0 Å². The summed E-state index contributed by atoms with van der Waals surface area (Å²) in [6.45, 7) is 0. The third-order valence-electron chi connectivity index (χ3n) is 0. The molecular weight excluding hydrogens is 179 g/mol. The van der Waals surface area contributed by atoms with E-state index in [1.165, 1.54) is 0 Å². The molecule has 0 aromatic heterocycles. The Labute approximate surface area is 84.8 Å². The summed E-state index contributed by atoms with van der Waals surface area (Å²) < 4.78 is 0. The molecular formula is H17Cl2MgN6-. The van der Waals surface area contributed by atoms with Crippen molar-refractivity contribution in [2.45, 2.75) is 0 Å². The van der Waals surface area contributed by atoms with E-state index in [0.717, 1.165) is 0 Å². The zero-order valence-electron chi connectivity index (χ0n) is 5.58. The maximum absolute atomic E-state index is 0. The van der Waals surface area contributed by atoms with E-state index in [4.69, 9.17) is 0 Å². The summed E-state index contributed by atoms with van der Waals surface area (Å²) in [5.41, 5.74) is 0. The largest absolute Gasteiger partial charge is 2.00 e. The van der Waals surface area contributed by atoms with Gasteiger partial charge in [-0.2, -0.15) is 0 Å². The van der Waals surface area contributed by atoms with Gasteiger partial charge in [0.1, 0.15) is 0 Å². The molecule has 0 unspecified atom stereocenters. The van der Waals surface area contributed by atoms with E-state index in [1.807, 2.05) is 0 Å². The zero-order valence-corrected chi connectivity index (χ0v) is 8.50. The van der Waals surface area contributed by atoms with E-state index >= 15 is 0 Å². The zero-order chi connectivity index (χ0) is 0. The molecule has 0 radical (unpaired) electrons. The van der Waals surface area contributed by atoms with Crippen LogP contribution >= 0.6 is 0 Å². The van der Waals surface area contributed by atoms with Crippen LogP contribution in [0, 0.1) is 0 Å². The summed E-state index contributed by atoms with van der Waals surface area (Å²) >= 11 is 0. The van der Waals surface area contributed by atoms with E-state index < -0.39 is 0 Å². The molecule has 0 fully saturated rings. The molecule has 0 aromatic carbocycles. The van der Waals surface area contributed by atoms with Crippen molar-refractivity contribution < 1.29 is 24.8 Å². The van der Waals surface area contributed by atoms with Crippen molar-refractivity contribution in [2.24, 2.45) is 0 Å². The number of nitrogens with two attached hydrogens (primary N) is 1. The first-order chi connectivity index (χ1) is 0. The molecule has 0 amide bonds. The van der Waals surface area contributed by atoms with E-state index in [1.54, 1.807) is 0 Å². The maximum atomic E-state index is 0. The van der Waals surface area contributed by atoms with Crippen molar-refractivity contribution >= 4 is 23.1 Å². The van der Waals surface area contributed by atoms with Gasteiger partial charge in [-0.05, 0) is 0 Å². The topological polar surface area (TPSA) is 208 Å². The Morgan fingerprint density at radius 3 is 0.444 bits per heavy atom. The molecule has 0 aliphatic heterocycles. The molecule has 64 valence electrons. The van der Waals surface area contributed by atoms with Crippen molar-refractivity contribution in [3.05, 3.63) is 6.15 Å². The Bertz CT molecular complexity index is 11.0. The molecule has 0 spiro atoms. The fraction of sp³-hybridized carbons (Fsp3) is 0. The minimum atomic E-state index is 0. The van der Waals surface area contributed by atoms with Gasteiger partial charge in [-0.3, -0.25) is 0 Å². The maximum Gasteiger partial charge on any atom is 2.00 e. The molecule has 0 saturated heterocycles. The Hall–Kier alpha value is 1.11. The molecule has 0 aromatic rings. The Morgan fingerprint density at radius 2 is 0.444 bits per heavy atom. The summed E-state index contributed by atoms with van der Waals surface area (Å²) in [4.78, 5) is 0. The Morgan fingerprint density at radius 1 is 0.444 bits per heavy atom. The number of hydrogen-bond donors (Lipinski definition) is 5. The van der Waals surface area contributed by atoms with Gasteiger partial charge in [0.05, 0.1) is 0 Å². The quantitative estimate of drug-likeness (QED) is 0.241. The van der Waals surface area contributed by atoms with Crippen molar-refractivity contribution in [1.29, 1.82) is 0 Å². The monoisotopic (exact) mass is 195 g/mol. The summed E-state index contributed by atoms with van der Waals surface area (Å²) in [6.07, 6.45) is 0. The predicted molar refractivity (Wildman–Crippen MR) is 36.1 cm³/mol. The van der Waals surface area contributed by atoms with Gasteiger partial charge in [-0.1, -0.05) is 0 Å². The molecule has 9 heteroatoms. The fourth-order valence-electron chi connectivity index (χ4n) is 0. The summed E-state index contributed by atoms with van der Waals surface area (Å²) in [5.74, 6) is 0. The fourth-order valence-corrected chi connectivity index (χ4v) is 0. The average molecular weight is 196 g/mol. The summed E-state index contributed by atoms with van der Waals surface area (Å²) in [6, 6.07) is 0. The van der Waals surface area contributed by atoms with Gasteiger partial charge in [-0.15, -0.1) is 0 Å². The third kappa shape index (κ3) is 376. The smallest absolute Gasteiger partial charge is 1.00 e. The van der Waals surface area contributed by atoms with Gasteiger partial charge in [-0.25, -0.2) is 0 Å². The number of hydrogen-bond acceptors (Lipinski definition) is 5. The molecule has 0 saturated carbocycles. The second-order valence-electron chi connectivity index (χ2n) is 0. The van der Waals surface area contributed by atoms with Crippen molar-refractivity contribution in [1.82, 2.24) is 30.8 Å². The Balaban J connectivity index is 0. The molecule has 0 atom stereocenters. The standard InChI is InChI=1S/2ClH.Mg.5H3N.H2N/h2*1H;;5*1H3;1H2/q;;+2;;;;;;-1/p-2. The van der Waals surface area contributed by atoms with Crippen LogP contribution in [0.1, 0.15) is 0 Å². The summed E-state index contributed by atoms with van der Waals surface area (Å²) in [7, 11) is 0. The van der Waals surface area contributed by atoms with Crippen LogP contribution in [0.3, 0.4) is 0 Å². The number of halogens is 2. The molecule has 0 rings (SSSR count). The molecule has 9 heavy (non-hydrogen) atoms. The predicted octanol–water partition coefficient (Wildman–Crippen LogP) is -4.85. The van der Waals surface area contributed by atoms with E-state index in [-0.39, 0.29) is 84.8 Å².